The van der Waals surface area contributed by atoms with Gasteiger partial charge in [0.15, 0.2) is 0 Å². The first-order valence-electron chi connectivity index (χ1n) is 11.5. The molecule has 0 spiro atoms. The number of aliphatic hydroxyl groups is 1. The molecule has 0 aromatic rings. The van der Waals surface area contributed by atoms with E-state index in [0.717, 1.165) is 18.6 Å². The first-order chi connectivity index (χ1) is 13.8. The standard InChI is InChI=1S/C21H45NOS.H3O4P/c1-2-3-4-5-6-7-8-9-10-11-12-13-14-15-19-24-20-17-21(23)16-18-22;1-5(2,3)4/h21,23H,2-20,22H2,1H3;(H3,1,2,3,4). The molecule has 1 unspecified atom stereocenters. The van der Waals surface area contributed by atoms with Gasteiger partial charge >= 0.3 is 7.82 Å². The summed E-state index contributed by atoms with van der Waals surface area (Å²) in [5.41, 5.74) is 5.43. The van der Waals surface area contributed by atoms with Crippen LogP contribution in [0.15, 0.2) is 0 Å². The summed E-state index contributed by atoms with van der Waals surface area (Å²) in [7, 11) is -4.64. The maximum absolute atomic E-state index is 9.58. The molecule has 1 atom stereocenters. The largest absolute Gasteiger partial charge is 0.466 e. The van der Waals surface area contributed by atoms with Crippen LogP contribution in [0.1, 0.15) is 110 Å². The monoisotopic (exact) mass is 457 g/mol. The van der Waals surface area contributed by atoms with E-state index in [1.165, 1.54) is 95.6 Å². The maximum atomic E-state index is 9.58. The van der Waals surface area contributed by atoms with Crippen molar-refractivity contribution in [2.24, 2.45) is 5.73 Å². The molecule has 0 aromatic heterocycles. The van der Waals surface area contributed by atoms with E-state index in [4.69, 9.17) is 25.0 Å². The highest BCUT2D eigenvalue weighted by molar-refractivity contribution is 7.99. The number of unbranched alkanes of at least 4 members (excludes halogenated alkanes) is 13. The van der Waals surface area contributed by atoms with Crippen LogP contribution in [-0.4, -0.2) is 43.9 Å². The molecule has 0 heterocycles. The Balaban J connectivity index is 0. The van der Waals surface area contributed by atoms with Gasteiger partial charge in [0, 0.05) is 0 Å². The first kappa shape index (κ1) is 31.6. The fourth-order valence-corrected chi connectivity index (χ4v) is 4.11. The molecule has 6 nitrogen and oxygen atoms in total. The minimum atomic E-state index is -4.64. The third-order valence-electron chi connectivity index (χ3n) is 4.74. The van der Waals surface area contributed by atoms with Crippen molar-refractivity contribution < 1.29 is 24.4 Å². The van der Waals surface area contributed by atoms with Crippen LogP contribution >= 0.6 is 19.6 Å². The Morgan fingerprint density at radius 3 is 1.48 bits per heavy atom. The van der Waals surface area contributed by atoms with E-state index in [2.05, 4.69) is 6.92 Å². The molecule has 8 heteroatoms. The quantitative estimate of drug-likeness (QED) is 0.123. The predicted octanol–water partition coefficient (Wildman–Crippen LogP) is 5.37. The average molecular weight is 458 g/mol. The molecule has 178 valence electrons. The van der Waals surface area contributed by atoms with Crippen LogP contribution in [0.25, 0.3) is 0 Å². The highest BCUT2D eigenvalue weighted by atomic mass is 32.2. The molecule has 0 aromatic carbocycles. The van der Waals surface area contributed by atoms with Crippen molar-refractivity contribution in [1.29, 1.82) is 0 Å². The van der Waals surface area contributed by atoms with E-state index in [1.807, 2.05) is 11.8 Å². The second-order valence-corrected chi connectivity index (χ2v) is 9.99. The van der Waals surface area contributed by atoms with E-state index < -0.39 is 7.82 Å². The van der Waals surface area contributed by atoms with Crippen molar-refractivity contribution in [3.8, 4) is 0 Å². The molecular formula is C21H48NO5PS. The highest BCUT2D eigenvalue weighted by Crippen LogP contribution is 2.25. The number of hydrogen-bond acceptors (Lipinski definition) is 4. The van der Waals surface area contributed by atoms with E-state index >= 15 is 0 Å². The van der Waals surface area contributed by atoms with Gasteiger partial charge in [-0.3, -0.25) is 0 Å². The zero-order valence-electron chi connectivity index (χ0n) is 18.6. The molecule has 0 rings (SSSR count). The van der Waals surface area contributed by atoms with Crippen molar-refractivity contribution in [3.63, 3.8) is 0 Å². The molecule has 0 fully saturated rings. The minimum absolute atomic E-state index is 0.182. The molecular weight excluding hydrogens is 409 g/mol. The molecule has 0 aliphatic rings. The van der Waals surface area contributed by atoms with Crippen LogP contribution in [0.4, 0.5) is 0 Å². The fraction of sp³-hybridized carbons (Fsp3) is 1.00. The van der Waals surface area contributed by atoms with Crippen LogP contribution in [0, 0.1) is 0 Å². The van der Waals surface area contributed by atoms with Crippen LogP contribution in [0.2, 0.25) is 0 Å². The number of nitrogens with two attached hydrogens (primary N) is 1. The van der Waals surface area contributed by atoms with Gasteiger partial charge in [0.25, 0.3) is 0 Å². The van der Waals surface area contributed by atoms with Crippen LogP contribution in [-0.2, 0) is 4.57 Å². The average Bonchev–Trinajstić information content (AvgIpc) is 2.63. The Morgan fingerprint density at radius 1 is 0.724 bits per heavy atom. The van der Waals surface area contributed by atoms with E-state index in [1.54, 1.807) is 0 Å². The number of thioether (sulfide) groups is 1. The Hall–Kier alpha value is 0.380. The van der Waals surface area contributed by atoms with E-state index in [0.29, 0.717) is 6.54 Å². The summed E-state index contributed by atoms with van der Waals surface area (Å²) >= 11 is 1.99. The minimum Gasteiger partial charge on any atom is -0.393 e. The fourth-order valence-electron chi connectivity index (χ4n) is 3.06. The lowest BCUT2D eigenvalue weighted by Gasteiger charge is -2.08. The van der Waals surface area contributed by atoms with Gasteiger partial charge in [0.05, 0.1) is 6.10 Å². The third kappa shape index (κ3) is 39.4. The second-order valence-electron chi connectivity index (χ2n) is 7.74. The molecule has 0 aliphatic carbocycles. The topological polar surface area (TPSA) is 124 Å². The smallest absolute Gasteiger partial charge is 0.393 e. The zero-order valence-corrected chi connectivity index (χ0v) is 20.4. The molecule has 29 heavy (non-hydrogen) atoms. The Morgan fingerprint density at radius 2 is 1.10 bits per heavy atom. The Kier molecular flexibility index (Phi) is 26.8. The number of aliphatic hydroxyl groups excluding tert-OH is 1. The third-order valence-corrected chi connectivity index (χ3v) is 5.84. The molecule has 0 saturated carbocycles. The molecule has 6 N–H and O–H groups in total. The SMILES string of the molecule is CCCCCCCCCCCCCCCCSCCC(O)CCN.O=P(O)(O)O. The van der Waals surface area contributed by atoms with Crippen molar-refractivity contribution in [2.45, 2.75) is 116 Å². The van der Waals surface area contributed by atoms with Crippen molar-refractivity contribution >= 4 is 19.6 Å². The lowest BCUT2D eigenvalue weighted by Crippen LogP contribution is -2.14. The normalized spacial score (nSPS) is 12.5. The molecule has 0 saturated heterocycles. The highest BCUT2D eigenvalue weighted by Gasteiger charge is 2.02. The van der Waals surface area contributed by atoms with Crippen molar-refractivity contribution in [1.82, 2.24) is 0 Å². The van der Waals surface area contributed by atoms with Crippen molar-refractivity contribution in [3.05, 3.63) is 0 Å². The number of rotatable bonds is 20. The predicted molar refractivity (Wildman–Crippen MR) is 126 cm³/mol. The summed E-state index contributed by atoms with van der Waals surface area (Å²) in [6.07, 6.45) is 21.4. The summed E-state index contributed by atoms with van der Waals surface area (Å²) in [6.45, 7) is 2.89. The molecule has 0 radical (unpaired) electrons. The van der Waals surface area contributed by atoms with Gasteiger partial charge in [0.2, 0.25) is 0 Å². The lowest BCUT2D eigenvalue weighted by atomic mass is 10.0. The molecule has 0 amide bonds. The summed E-state index contributed by atoms with van der Waals surface area (Å²) in [4.78, 5) is 21.6. The zero-order chi connectivity index (χ0) is 22.2. The molecule has 0 bridgehead atoms. The molecule has 0 aliphatic heterocycles. The van der Waals surface area contributed by atoms with Gasteiger partial charge in [-0.15, -0.1) is 0 Å². The Labute approximate surface area is 183 Å². The van der Waals surface area contributed by atoms with Gasteiger partial charge in [0.1, 0.15) is 0 Å². The van der Waals surface area contributed by atoms with Gasteiger partial charge in [-0.2, -0.15) is 11.8 Å². The Bertz CT molecular complexity index is 350. The van der Waals surface area contributed by atoms with E-state index in [-0.39, 0.29) is 6.10 Å². The van der Waals surface area contributed by atoms with Gasteiger partial charge in [-0.25, -0.2) is 4.57 Å². The van der Waals surface area contributed by atoms with Gasteiger partial charge < -0.3 is 25.5 Å². The maximum Gasteiger partial charge on any atom is 0.466 e. The summed E-state index contributed by atoms with van der Waals surface area (Å²) in [5.74, 6) is 2.34. The summed E-state index contributed by atoms with van der Waals surface area (Å²) in [6, 6.07) is 0. The summed E-state index contributed by atoms with van der Waals surface area (Å²) < 4.78 is 8.88. The number of phosphoric acid groups is 1. The van der Waals surface area contributed by atoms with Crippen LogP contribution in [0.3, 0.4) is 0 Å². The van der Waals surface area contributed by atoms with Gasteiger partial charge in [-0.05, 0) is 37.3 Å². The lowest BCUT2D eigenvalue weighted by molar-refractivity contribution is 0.164. The van der Waals surface area contributed by atoms with Gasteiger partial charge in [-0.1, -0.05) is 90.4 Å². The number of hydrogen-bond donors (Lipinski definition) is 5. The van der Waals surface area contributed by atoms with Crippen LogP contribution in [0.5, 0.6) is 0 Å². The van der Waals surface area contributed by atoms with Crippen molar-refractivity contribution in [2.75, 3.05) is 18.1 Å². The first-order valence-corrected chi connectivity index (χ1v) is 14.3. The summed E-state index contributed by atoms with van der Waals surface area (Å²) in [5, 5.41) is 9.58. The van der Waals surface area contributed by atoms with E-state index in [9.17, 15) is 5.11 Å². The second kappa shape index (κ2) is 24.6. The van der Waals surface area contributed by atoms with Crippen LogP contribution < -0.4 is 5.73 Å².